The Kier molecular flexibility index (Phi) is 4.48. The number of benzene rings is 2. The Balaban J connectivity index is 2.12. The maximum Gasteiger partial charge on any atom is 0.274 e. The van der Waals surface area contributed by atoms with E-state index in [-0.39, 0.29) is 17.9 Å². The van der Waals surface area contributed by atoms with E-state index in [2.05, 4.69) is 0 Å². The molecule has 4 nitrogen and oxygen atoms in total. The molecule has 0 unspecified atom stereocenters. The second-order valence-corrected chi connectivity index (χ2v) is 4.76. The van der Waals surface area contributed by atoms with Crippen molar-refractivity contribution >= 4 is 23.1 Å². The van der Waals surface area contributed by atoms with Crippen molar-refractivity contribution in [2.24, 2.45) is 0 Å². The predicted octanol–water partition coefficient (Wildman–Crippen LogP) is 4.06. The predicted molar refractivity (Wildman–Crippen MR) is 77.2 cm³/mol. The number of aryl methyl sites for hydroxylation is 1. The minimum atomic E-state index is -0.478. The molecule has 20 heavy (non-hydrogen) atoms. The van der Waals surface area contributed by atoms with Crippen LogP contribution in [0.1, 0.15) is 22.3 Å². The number of halogens is 1. The van der Waals surface area contributed by atoms with E-state index in [4.69, 9.17) is 11.6 Å². The number of nitro groups is 1. The van der Waals surface area contributed by atoms with Crippen LogP contribution in [0, 0.1) is 10.1 Å². The van der Waals surface area contributed by atoms with Crippen molar-refractivity contribution in [2.75, 3.05) is 0 Å². The minimum Gasteiger partial charge on any atom is -0.294 e. The summed E-state index contributed by atoms with van der Waals surface area (Å²) in [5.74, 6) is -0.0325. The van der Waals surface area contributed by atoms with Gasteiger partial charge in [0.1, 0.15) is 0 Å². The molecule has 0 fully saturated rings. The van der Waals surface area contributed by atoms with Crippen LogP contribution in [-0.4, -0.2) is 10.7 Å². The van der Waals surface area contributed by atoms with Gasteiger partial charge in [-0.3, -0.25) is 14.9 Å². The lowest BCUT2D eigenvalue weighted by atomic mass is 10.0. The van der Waals surface area contributed by atoms with Gasteiger partial charge in [0, 0.05) is 28.6 Å². The normalized spacial score (nSPS) is 10.2. The molecule has 0 bridgehead atoms. The Bertz CT molecular complexity index is 641. The van der Waals surface area contributed by atoms with Gasteiger partial charge in [0.25, 0.3) is 5.69 Å². The number of nitro benzene ring substituents is 1. The summed E-state index contributed by atoms with van der Waals surface area (Å²) in [5.41, 5.74) is 1.09. The number of nitrogens with zero attached hydrogens (tertiary/aromatic N) is 1. The van der Waals surface area contributed by atoms with Crippen LogP contribution < -0.4 is 0 Å². The summed E-state index contributed by atoms with van der Waals surface area (Å²) >= 11 is 5.75. The van der Waals surface area contributed by atoms with Gasteiger partial charge < -0.3 is 0 Å². The van der Waals surface area contributed by atoms with Gasteiger partial charge in [0.2, 0.25) is 0 Å². The lowest BCUT2D eigenvalue weighted by Gasteiger charge is -2.03. The third-order valence-electron chi connectivity index (χ3n) is 2.96. The fourth-order valence-corrected chi connectivity index (χ4v) is 2.10. The zero-order valence-electron chi connectivity index (χ0n) is 10.6. The summed E-state index contributed by atoms with van der Waals surface area (Å²) in [7, 11) is 0. The lowest BCUT2D eigenvalue weighted by Crippen LogP contribution is -2.03. The minimum absolute atomic E-state index is 0.0325. The summed E-state index contributed by atoms with van der Waals surface area (Å²) in [6, 6.07) is 13.4. The van der Waals surface area contributed by atoms with Crippen molar-refractivity contribution in [3.05, 3.63) is 74.8 Å². The van der Waals surface area contributed by atoms with Gasteiger partial charge >= 0.3 is 0 Å². The standard InChI is InChI=1S/C15H12ClNO3/c16-13-8-6-11(14(10-13)17(19)20)7-9-15(18)12-4-2-1-3-5-12/h1-6,8,10H,7,9H2. The average Bonchev–Trinajstić information content (AvgIpc) is 2.46. The second kappa shape index (κ2) is 6.30. The van der Waals surface area contributed by atoms with Crippen molar-refractivity contribution in [3.63, 3.8) is 0 Å². The number of ketones is 1. The summed E-state index contributed by atoms with van der Waals surface area (Å²) in [6.07, 6.45) is 0.549. The van der Waals surface area contributed by atoms with Gasteiger partial charge in [-0.25, -0.2) is 0 Å². The molecule has 0 atom stereocenters. The highest BCUT2D eigenvalue weighted by atomic mass is 35.5. The number of rotatable bonds is 5. The van der Waals surface area contributed by atoms with E-state index in [9.17, 15) is 14.9 Å². The van der Waals surface area contributed by atoms with Crippen LogP contribution >= 0.6 is 11.6 Å². The van der Waals surface area contributed by atoms with Gasteiger partial charge in [-0.05, 0) is 12.5 Å². The van der Waals surface area contributed by atoms with Gasteiger partial charge in [0.15, 0.2) is 5.78 Å². The summed E-state index contributed by atoms with van der Waals surface area (Å²) in [5, 5.41) is 11.3. The van der Waals surface area contributed by atoms with E-state index in [1.54, 1.807) is 36.4 Å². The molecule has 102 valence electrons. The van der Waals surface area contributed by atoms with E-state index in [1.807, 2.05) is 6.07 Å². The Hall–Kier alpha value is -2.20. The highest BCUT2D eigenvalue weighted by Crippen LogP contribution is 2.24. The maximum atomic E-state index is 12.0. The van der Waals surface area contributed by atoms with Crippen LogP contribution in [0.25, 0.3) is 0 Å². The van der Waals surface area contributed by atoms with E-state index >= 15 is 0 Å². The van der Waals surface area contributed by atoms with Gasteiger partial charge in [0.05, 0.1) is 4.92 Å². The number of carbonyl (C=O) groups excluding carboxylic acids is 1. The van der Waals surface area contributed by atoms with Gasteiger partial charge in [-0.15, -0.1) is 0 Å². The Morgan fingerprint density at radius 3 is 2.50 bits per heavy atom. The fourth-order valence-electron chi connectivity index (χ4n) is 1.93. The molecular formula is C15H12ClNO3. The van der Waals surface area contributed by atoms with Crippen LogP contribution in [0.2, 0.25) is 5.02 Å². The van der Waals surface area contributed by atoms with Crippen molar-refractivity contribution in [3.8, 4) is 0 Å². The topological polar surface area (TPSA) is 60.2 Å². The third-order valence-corrected chi connectivity index (χ3v) is 3.20. The molecule has 0 amide bonds. The monoisotopic (exact) mass is 289 g/mol. The second-order valence-electron chi connectivity index (χ2n) is 4.32. The first kappa shape index (κ1) is 14.2. The van der Waals surface area contributed by atoms with Crippen molar-refractivity contribution in [2.45, 2.75) is 12.8 Å². The zero-order valence-corrected chi connectivity index (χ0v) is 11.3. The van der Waals surface area contributed by atoms with E-state index < -0.39 is 4.92 Å². The molecule has 0 heterocycles. The first-order valence-electron chi connectivity index (χ1n) is 6.09. The summed E-state index contributed by atoms with van der Waals surface area (Å²) < 4.78 is 0. The molecule has 5 heteroatoms. The summed E-state index contributed by atoms with van der Waals surface area (Å²) in [4.78, 5) is 22.4. The average molecular weight is 290 g/mol. The fraction of sp³-hybridized carbons (Fsp3) is 0.133. The first-order valence-corrected chi connectivity index (χ1v) is 6.47. The van der Waals surface area contributed by atoms with Gasteiger partial charge in [-0.2, -0.15) is 0 Å². The first-order chi connectivity index (χ1) is 9.58. The molecule has 0 aliphatic rings. The van der Waals surface area contributed by atoms with Crippen molar-refractivity contribution < 1.29 is 9.72 Å². The number of Topliss-reactive ketones (excluding diaryl/α,β-unsaturated/α-hetero) is 1. The molecule has 0 spiro atoms. The zero-order chi connectivity index (χ0) is 14.5. The maximum absolute atomic E-state index is 12.0. The molecule has 2 rings (SSSR count). The Morgan fingerprint density at radius 2 is 1.85 bits per heavy atom. The molecule has 0 aromatic heterocycles. The smallest absolute Gasteiger partial charge is 0.274 e. The highest BCUT2D eigenvalue weighted by Gasteiger charge is 2.15. The molecule has 2 aromatic rings. The number of hydrogen-bond donors (Lipinski definition) is 0. The van der Waals surface area contributed by atoms with E-state index in [0.29, 0.717) is 22.6 Å². The van der Waals surface area contributed by atoms with Crippen molar-refractivity contribution in [1.82, 2.24) is 0 Å². The Labute approximate surface area is 121 Å². The number of hydrogen-bond acceptors (Lipinski definition) is 3. The Morgan fingerprint density at radius 1 is 1.15 bits per heavy atom. The van der Waals surface area contributed by atoms with Crippen LogP contribution in [0.15, 0.2) is 48.5 Å². The highest BCUT2D eigenvalue weighted by molar-refractivity contribution is 6.30. The SMILES string of the molecule is O=C(CCc1ccc(Cl)cc1[N+](=O)[O-])c1ccccc1. The number of carbonyl (C=O) groups is 1. The van der Waals surface area contributed by atoms with E-state index in [0.717, 1.165) is 0 Å². The largest absolute Gasteiger partial charge is 0.294 e. The summed E-state index contributed by atoms with van der Waals surface area (Å²) in [6.45, 7) is 0. The molecule has 2 aromatic carbocycles. The molecule has 0 radical (unpaired) electrons. The van der Waals surface area contributed by atoms with Crippen LogP contribution in [0.5, 0.6) is 0 Å². The third kappa shape index (κ3) is 3.42. The molecule has 0 saturated carbocycles. The molecule has 0 aliphatic carbocycles. The van der Waals surface area contributed by atoms with Crippen molar-refractivity contribution in [1.29, 1.82) is 0 Å². The molecule has 0 saturated heterocycles. The molecular weight excluding hydrogens is 278 g/mol. The van der Waals surface area contributed by atoms with Gasteiger partial charge in [-0.1, -0.05) is 48.0 Å². The van der Waals surface area contributed by atoms with E-state index in [1.165, 1.54) is 6.07 Å². The van der Waals surface area contributed by atoms with Crippen LogP contribution in [0.4, 0.5) is 5.69 Å². The molecule has 0 N–H and O–H groups in total. The van der Waals surface area contributed by atoms with Crippen LogP contribution in [0.3, 0.4) is 0 Å². The quantitative estimate of drug-likeness (QED) is 0.474. The lowest BCUT2D eigenvalue weighted by molar-refractivity contribution is -0.385. The molecule has 0 aliphatic heterocycles. The van der Waals surface area contributed by atoms with Crippen LogP contribution in [-0.2, 0) is 6.42 Å².